The van der Waals surface area contributed by atoms with E-state index in [1.807, 2.05) is 13.1 Å². The van der Waals surface area contributed by atoms with Crippen molar-refractivity contribution in [3.05, 3.63) is 33.8 Å². The van der Waals surface area contributed by atoms with E-state index in [1.165, 1.54) is 6.07 Å². The number of aliphatic imine (C=N–C) groups is 1. The Bertz CT molecular complexity index is 874. The first kappa shape index (κ1) is 22.1. The number of aromatic nitrogens is 1. The van der Waals surface area contributed by atoms with Gasteiger partial charge in [-0.05, 0) is 18.9 Å². The summed E-state index contributed by atoms with van der Waals surface area (Å²) in [6, 6.07) is 3.03. The third-order valence-corrected chi connectivity index (χ3v) is 5.16. The van der Waals surface area contributed by atoms with Crippen LogP contribution in [-0.4, -0.2) is 30.9 Å². The molecule has 164 valence electrons. The van der Waals surface area contributed by atoms with Crippen LogP contribution >= 0.6 is 11.3 Å². The van der Waals surface area contributed by atoms with Crippen LogP contribution in [0.1, 0.15) is 36.2 Å². The molecule has 0 bridgehead atoms. The van der Waals surface area contributed by atoms with E-state index in [0.29, 0.717) is 42.0 Å². The lowest BCUT2D eigenvalue weighted by Crippen LogP contribution is -2.36. The first-order valence-corrected chi connectivity index (χ1v) is 10.6. The summed E-state index contributed by atoms with van der Waals surface area (Å²) in [6.45, 7) is 4.76. The van der Waals surface area contributed by atoms with Gasteiger partial charge in [-0.25, -0.2) is 9.98 Å². The monoisotopic (exact) mass is 440 g/mol. The minimum absolute atomic E-state index is 0.0228. The number of hydrogen-bond donors (Lipinski definition) is 2. The van der Waals surface area contributed by atoms with Crippen LogP contribution < -0.4 is 24.8 Å². The van der Waals surface area contributed by atoms with E-state index in [-0.39, 0.29) is 19.1 Å². The molecule has 0 atom stereocenters. The Hall–Kier alpha value is -2.62. The molecule has 0 fully saturated rings. The largest absolute Gasteiger partial charge is 0.454 e. The molecule has 2 heterocycles. The quantitative estimate of drug-likeness (QED) is 0.455. The molecule has 0 unspecified atom stereocenters. The molecule has 2 N–H and O–H groups in total. The second-order valence-electron chi connectivity index (χ2n) is 7.06. The third-order valence-electron chi connectivity index (χ3n) is 4.14. The molecule has 30 heavy (non-hydrogen) atoms. The Kier molecular flexibility index (Phi) is 7.67. The van der Waals surface area contributed by atoms with Gasteiger partial charge in [0.05, 0.1) is 18.1 Å². The van der Waals surface area contributed by atoms with Crippen LogP contribution in [0.15, 0.2) is 23.3 Å². The fraction of sp³-hybridized carbons (Fsp3) is 0.500. The van der Waals surface area contributed by atoms with Crippen LogP contribution in [-0.2, 0) is 19.5 Å². The molecule has 0 saturated carbocycles. The molecular weight excluding hydrogens is 414 g/mol. The number of nitrogens with zero attached hydrogens (tertiary/aromatic N) is 2. The topological polar surface area (TPSA) is 77.0 Å². The van der Waals surface area contributed by atoms with Gasteiger partial charge in [0.1, 0.15) is 5.75 Å². The fourth-order valence-electron chi connectivity index (χ4n) is 2.84. The minimum atomic E-state index is -2.94. The van der Waals surface area contributed by atoms with Crippen LogP contribution in [0.5, 0.6) is 17.2 Å². The van der Waals surface area contributed by atoms with Gasteiger partial charge in [-0.2, -0.15) is 8.78 Å². The second-order valence-corrected chi connectivity index (χ2v) is 8.26. The number of halogens is 2. The number of guanidine groups is 1. The Labute approximate surface area is 178 Å². The van der Waals surface area contributed by atoms with Crippen LogP contribution in [0.25, 0.3) is 0 Å². The van der Waals surface area contributed by atoms with Gasteiger partial charge >= 0.3 is 6.61 Å². The predicted octanol–water partition coefficient (Wildman–Crippen LogP) is 3.93. The number of fused-ring (bicyclic) bond motifs is 1. The maximum absolute atomic E-state index is 12.8. The molecular formula is C20H26F2N4O3S. The number of benzene rings is 1. The van der Waals surface area contributed by atoms with Gasteiger partial charge in [-0.3, -0.25) is 0 Å². The van der Waals surface area contributed by atoms with Crippen molar-refractivity contribution in [1.82, 2.24) is 15.6 Å². The van der Waals surface area contributed by atoms with Crippen molar-refractivity contribution >= 4 is 17.3 Å². The Morgan fingerprint density at radius 3 is 2.73 bits per heavy atom. The average Bonchev–Trinajstić information content (AvgIpc) is 3.31. The summed E-state index contributed by atoms with van der Waals surface area (Å²) in [5, 5.41) is 7.51. The molecule has 0 radical (unpaired) electrons. The molecule has 1 aromatic heterocycles. The summed E-state index contributed by atoms with van der Waals surface area (Å²) in [4.78, 5) is 10.1. The molecule has 1 aliphatic rings. The van der Waals surface area contributed by atoms with Crippen LogP contribution in [0.4, 0.5) is 8.78 Å². The molecule has 2 aromatic rings. The number of ether oxygens (including phenoxy) is 3. The Morgan fingerprint density at radius 1 is 1.27 bits per heavy atom. The smallest absolute Gasteiger partial charge is 0.387 e. The molecule has 0 amide bonds. The first-order valence-electron chi connectivity index (χ1n) is 9.77. The zero-order valence-electron chi connectivity index (χ0n) is 17.2. The zero-order chi connectivity index (χ0) is 21.5. The molecule has 7 nitrogen and oxygen atoms in total. The summed E-state index contributed by atoms with van der Waals surface area (Å²) in [6.07, 6.45) is 2.82. The third kappa shape index (κ3) is 6.19. The van der Waals surface area contributed by atoms with Crippen molar-refractivity contribution in [2.45, 2.75) is 46.9 Å². The molecule has 1 aromatic carbocycles. The minimum Gasteiger partial charge on any atom is -0.454 e. The lowest BCUT2D eigenvalue weighted by molar-refractivity contribution is -0.0505. The maximum Gasteiger partial charge on any atom is 0.387 e. The highest BCUT2D eigenvalue weighted by molar-refractivity contribution is 7.11. The molecule has 3 rings (SSSR count). The lowest BCUT2D eigenvalue weighted by atomic mass is 10.1. The lowest BCUT2D eigenvalue weighted by Gasteiger charge is -2.13. The number of nitrogens with one attached hydrogen (secondary N) is 2. The summed E-state index contributed by atoms with van der Waals surface area (Å²) >= 11 is 1.67. The standard InChI is InChI=1S/C20H26F2N4O3S/c1-4-23-20(26-10-14-9-24-18(30-14)5-12(2)3)25-8-13-6-16-17(28-11-27-16)7-15(13)29-19(21)22/h6-7,9,12,19H,4-5,8,10-11H2,1-3H3,(H2,23,25,26). The molecule has 1 aliphatic heterocycles. The number of rotatable bonds is 9. The Balaban J connectivity index is 1.69. The van der Waals surface area contributed by atoms with Crippen molar-refractivity contribution < 1.29 is 23.0 Å². The molecule has 0 spiro atoms. The van der Waals surface area contributed by atoms with E-state index in [9.17, 15) is 8.78 Å². The summed E-state index contributed by atoms with van der Waals surface area (Å²) in [5.74, 6) is 2.02. The average molecular weight is 441 g/mol. The predicted molar refractivity (Wildman–Crippen MR) is 112 cm³/mol. The SMILES string of the molecule is CCNC(=NCc1cc2c(cc1OC(F)F)OCO2)NCc1cnc(CC(C)C)s1. The van der Waals surface area contributed by atoms with Crippen LogP contribution in [0.3, 0.4) is 0 Å². The second kappa shape index (κ2) is 10.4. The van der Waals surface area contributed by atoms with Crippen molar-refractivity contribution in [3.63, 3.8) is 0 Å². The number of thiazole rings is 1. The summed E-state index contributed by atoms with van der Waals surface area (Å²) < 4.78 is 40.8. The zero-order valence-corrected chi connectivity index (χ0v) is 18.0. The number of alkyl halides is 2. The van der Waals surface area contributed by atoms with Gasteiger partial charge in [-0.15, -0.1) is 11.3 Å². The fourth-order valence-corrected chi connectivity index (χ4v) is 3.92. The van der Waals surface area contributed by atoms with Crippen LogP contribution in [0, 0.1) is 5.92 Å². The highest BCUT2D eigenvalue weighted by Gasteiger charge is 2.20. The molecule has 0 saturated heterocycles. The van der Waals surface area contributed by atoms with E-state index < -0.39 is 6.61 Å². The van der Waals surface area contributed by atoms with E-state index in [4.69, 9.17) is 9.47 Å². The summed E-state index contributed by atoms with van der Waals surface area (Å²) in [5.41, 5.74) is 0.480. The van der Waals surface area contributed by atoms with Gasteiger partial charge in [0, 0.05) is 35.7 Å². The Morgan fingerprint density at radius 2 is 2.03 bits per heavy atom. The van der Waals surface area contributed by atoms with E-state index >= 15 is 0 Å². The van der Waals surface area contributed by atoms with E-state index in [1.54, 1.807) is 17.4 Å². The van der Waals surface area contributed by atoms with Gasteiger partial charge in [0.15, 0.2) is 17.5 Å². The highest BCUT2D eigenvalue weighted by atomic mass is 32.1. The van der Waals surface area contributed by atoms with Gasteiger partial charge in [0.25, 0.3) is 0 Å². The van der Waals surface area contributed by atoms with Crippen molar-refractivity contribution in [2.24, 2.45) is 10.9 Å². The van der Waals surface area contributed by atoms with Gasteiger partial charge < -0.3 is 24.8 Å². The maximum atomic E-state index is 12.8. The van der Waals surface area contributed by atoms with Gasteiger partial charge in [-0.1, -0.05) is 13.8 Å². The molecule has 0 aliphatic carbocycles. The van der Waals surface area contributed by atoms with Crippen molar-refractivity contribution in [1.29, 1.82) is 0 Å². The van der Waals surface area contributed by atoms with Crippen LogP contribution in [0.2, 0.25) is 0 Å². The number of hydrogen-bond acceptors (Lipinski definition) is 6. The molecule has 10 heteroatoms. The highest BCUT2D eigenvalue weighted by Crippen LogP contribution is 2.39. The summed E-state index contributed by atoms with van der Waals surface area (Å²) in [7, 11) is 0. The normalized spacial score (nSPS) is 13.2. The van der Waals surface area contributed by atoms with Gasteiger partial charge in [0.2, 0.25) is 6.79 Å². The van der Waals surface area contributed by atoms with Crippen molar-refractivity contribution in [3.8, 4) is 17.2 Å². The van der Waals surface area contributed by atoms with Crippen molar-refractivity contribution in [2.75, 3.05) is 13.3 Å². The van der Waals surface area contributed by atoms with E-state index in [0.717, 1.165) is 16.3 Å². The van der Waals surface area contributed by atoms with E-state index in [2.05, 4.69) is 39.2 Å². The first-order chi connectivity index (χ1) is 14.4.